The van der Waals surface area contributed by atoms with Crippen molar-refractivity contribution in [3.63, 3.8) is 0 Å². The average Bonchev–Trinajstić information content (AvgIpc) is 3.12. The van der Waals surface area contributed by atoms with E-state index in [1.54, 1.807) is 40.1 Å². The molecule has 0 atom stereocenters. The van der Waals surface area contributed by atoms with E-state index in [0.717, 1.165) is 35.3 Å². The predicted molar refractivity (Wildman–Crippen MR) is 151 cm³/mol. The summed E-state index contributed by atoms with van der Waals surface area (Å²) in [6.07, 6.45) is 2.44. The number of nitrogens with one attached hydrogen (secondary N) is 1. The third-order valence-electron chi connectivity index (χ3n) is 6.59. The van der Waals surface area contributed by atoms with Gasteiger partial charge in [-0.2, -0.15) is 19.4 Å². The van der Waals surface area contributed by atoms with Gasteiger partial charge in [-0.15, -0.1) is 0 Å². The van der Waals surface area contributed by atoms with E-state index in [1.165, 1.54) is 21.6 Å². The van der Waals surface area contributed by atoms with Crippen molar-refractivity contribution in [3.8, 4) is 17.0 Å². The number of ether oxygens (including phenoxy) is 1. The zero-order valence-electron chi connectivity index (χ0n) is 23.5. The maximum Gasteiger partial charge on any atom is 0.413 e. The molecule has 1 aliphatic carbocycles. The highest BCUT2D eigenvalue weighted by Gasteiger charge is 2.38. The Morgan fingerprint density at radius 3 is 2.64 bits per heavy atom. The number of amidine groups is 1. The van der Waals surface area contributed by atoms with Crippen molar-refractivity contribution in [2.24, 2.45) is 4.40 Å². The molecule has 0 unspecified atom stereocenters. The number of aromatic nitrogens is 4. The number of amides is 2. The third-order valence-corrected chi connectivity index (χ3v) is 7.31. The van der Waals surface area contributed by atoms with Crippen molar-refractivity contribution in [2.75, 3.05) is 13.7 Å². The molecule has 1 aromatic rings. The fraction of sp³-hybridized carbons (Fsp3) is 0.481. The number of carboxylic acid groups (broad SMARTS) is 1. The molecule has 208 valence electrons. The number of aryl methyl sites for hydroxylation is 1. The lowest BCUT2D eigenvalue weighted by Crippen LogP contribution is -2.49. The summed E-state index contributed by atoms with van der Waals surface area (Å²) in [6, 6.07) is 1.76. The second kappa shape index (κ2) is 11.2. The highest BCUT2D eigenvalue weighted by Crippen LogP contribution is 2.39. The lowest BCUT2D eigenvalue weighted by molar-refractivity contribution is 0.0952. The van der Waals surface area contributed by atoms with Crippen molar-refractivity contribution >= 4 is 29.8 Å². The first-order valence-corrected chi connectivity index (χ1v) is 13.8. The van der Waals surface area contributed by atoms with Gasteiger partial charge >= 0.3 is 6.09 Å². The molecule has 3 heterocycles. The maximum absolute atomic E-state index is 13.2. The van der Waals surface area contributed by atoms with Crippen LogP contribution in [0.3, 0.4) is 0 Å². The predicted octanol–water partition coefficient (Wildman–Crippen LogP) is 4.67. The minimum Gasteiger partial charge on any atom is -0.496 e. The smallest absolute Gasteiger partial charge is 0.413 e. The van der Waals surface area contributed by atoms with Gasteiger partial charge in [0.1, 0.15) is 18.0 Å². The number of carbonyl (C=O) groups is 2. The lowest BCUT2D eigenvalue weighted by atomic mass is 10.0. The molecular formula is C27H35N7O4S. The van der Waals surface area contributed by atoms with Crippen LogP contribution >= 0.6 is 11.9 Å². The van der Waals surface area contributed by atoms with Gasteiger partial charge in [0.05, 0.1) is 18.5 Å². The molecule has 0 radical (unpaired) electrons. The van der Waals surface area contributed by atoms with Gasteiger partial charge in [-0.3, -0.25) is 14.7 Å². The highest BCUT2D eigenvalue weighted by atomic mass is 32.2. The van der Waals surface area contributed by atoms with Crippen LogP contribution in [0.2, 0.25) is 0 Å². The van der Waals surface area contributed by atoms with Crippen LogP contribution in [0.25, 0.3) is 11.3 Å². The zero-order chi connectivity index (χ0) is 28.5. The van der Waals surface area contributed by atoms with E-state index in [9.17, 15) is 14.7 Å². The molecule has 12 heteroatoms. The van der Waals surface area contributed by atoms with Gasteiger partial charge in [-0.25, -0.2) is 4.79 Å². The Kier molecular flexibility index (Phi) is 8.15. The summed E-state index contributed by atoms with van der Waals surface area (Å²) in [5.41, 5.74) is 4.49. The van der Waals surface area contributed by atoms with Crippen LogP contribution in [0.15, 0.2) is 16.7 Å². The molecular weight excluding hydrogens is 518 g/mol. The molecule has 0 bridgehead atoms. The third kappa shape index (κ3) is 5.56. The van der Waals surface area contributed by atoms with Crippen LogP contribution in [0, 0.1) is 13.8 Å². The van der Waals surface area contributed by atoms with Gasteiger partial charge in [0.15, 0.2) is 5.84 Å². The number of nitrogens with zero attached hydrogens (tertiary/aromatic N) is 6. The van der Waals surface area contributed by atoms with Crippen LogP contribution in [0.1, 0.15) is 79.0 Å². The molecule has 39 heavy (non-hydrogen) atoms. The molecule has 4 rings (SSSR count). The Balaban J connectivity index is 1.91. The minimum absolute atomic E-state index is 0.190. The molecule has 0 spiro atoms. The minimum atomic E-state index is -1.14. The number of unbranched alkanes of at least 4 members (excludes halogenated alkanes) is 1. The van der Waals surface area contributed by atoms with Gasteiger partial charge in [-0.05, 0) is 64.6 Å². The number of hydrogen-bond donors (Lipinski definition) is 2. The van der Waals surface area contributed by atoms with Gasteiger partial charge in [-0.1, -0.05) is 13.3 Å². The van der Waals surface area contributed by atoms with Crippen molar-refractivity contribution in [1.29, 1.82) is 0 Å². The largest absolute Gasteiger partial charge is 0.496 e. The molecule has 2 aliphatic heterocycles. The first-order chi connectivity index (χ1) is 18.5. The summed E-state index contributed by atoms with van der Waals surface area (Å²) in [6.45, 7) is 12.1. The normalized spacial score (nSPS) is 13.2. The van der Waals surface area contributed by atoms with Gasteiger partial charge < -0.3 is 15.2 Å². The first-order valence-electron chi connectivity index (χ1n) is 12.9. The van der Waals surface area contributed by atoms with Crippen LogP contribution in [0.4, 0.5) is 4.79 Å². The van der Waals surface area contributed by atoms with E-state index in [1.807, 2.05) is 13.8 Å². The summed E-state index contributed by atoms with van der Waals surface area (Å²) in [5, 5.41) is 22.7. The second-order valence-corrected chi connectivity index (χ2v) is 11.2. The van der Waals surface area contributed by atoms with Gasteiger partial charge in [0, 0.05) is 46.3 Å². The molecule has 0 fully saturated rings. The first kappa shape index (κ1) is 28.3. The van der Waals surface area contributed by atoms with Crippen molar-refractivity contribution in [2.45, 2.75) is 72.2 Å². The Hall–Kier alpha value is -3.67. The van der Waals surface area contributed by atoms with E-state index in [2.05, 4.69) is 21.6 Å². The van der Waals surface area contributed by atoms with E-state index in [0.29, 0.717) is 40.5 Å². The fourth-order valence-electron chi connectivity index (χ4n) is 4.70. The average molecular weight is 554 g/mol. The van der Waals surface area contributed by atoms with E-state index in [-0.39, 0.29) is 18.3 Å². The molecule has 0 saturated heterocycles. The number of hydrogen-bond acceptors (Lipinski definition) is 8. The fourth-order valence-corrected chi connectivity index (χ4v) is 5.49. The number of methoxy groups -OCH3 is 1. The summed E-state index contributed by atoms with van der Waals surface area (Å²) >= 11 is 1.20. The van der Waals surface area contributed by atoms with E-state index >= 15 is 0 Å². The highest BCUT2D eigenvalue weighted by molar-refractivity contribution is 7.97. The standard InChI is InChI=1S/C27H35N7O4S/c1-8-9-10-28-25(35)17-11-19-21-18(17)14-39-32-24(34(26(36)37)27(4,5)6)22(21)31-33(30-19)13-20-16(3)23(38-7)15(2)12-29-20/h11-12H,8-10,13-14H2,1-7H3,(H,28,35)(H,36,37). The number of pyridine rings is 1. The molecule has 0 saturated carbocycles. The quantitative estimate of drug-likeness (QED) is 0.318. The Labute approximate surface area is 232 Å². The second-order valence-electron chi connectivity index (χ2n) is 10.5. The Bertz CT molecular complexity index is 1410. The summed E-state index contributed by atoms with van der Waals surface area (Å²) in [5.74, 6) is 1.14. The summed E-state index contributed by atoms with van der Waals surface area (Å²) < 4.78 is 10.2. The van der Waals surface area contributed by atoms with Gasteiger partial charge in [0.2, 0.25) is 0 Å². The van der Waals surface area contributed by atoms with Crippen molar-refractivity contribution in [3.05, 3.63) is 45.9 Å². The van der Waals surface area contributed by atoms with Crippen LogP contribution in [0.5, 0.6) is 5.75 Å². The maximum atomic E-state index is 13.2. The Morgan fingerprint density at radius 1 is 1.26 bits per heavy atom. The topological polar surface area (TPSA) is 135 Å². The molecule has 0 aromatic carbocycles. The molecule has 2 N–H and O–H groups in total. The Morgan fingerprint density at radius 2 is 2.00 bits per heavy atom. The molecule has 1 aromatic heterocycles. The molecule has 2 amide bonds. The van der Waals surface area contributed by atoms with Crippen LogP contribution in [-0.4, -0.2) is 67.0 Å². The summed E-state index contributed by atoms with van der Waals surface area (Å²) in [7, 11) is 1.62. The lowest BCUT2D eigenvalue weighted by Gasteiger charge is -2.33. The van der Waals surface area contributed by atoms with Crippen LogP contribution < -0.4 is 10.1 Å². The zero-order valence-corrected chi connectivity index (χ0v) is 24.3. The number of carbonyl (C=O) groups excluding carboxylic acids is 1. The van der Waals surface area contributed by atoms with Gasteiger partial charge in [0.25, 0.3) is 5.91 Å². The SMILES string of the molecule is CCCCNC(=O)c1cc2nn(Cc3ncc(C)c(OC)c3C)nc3c-2c1CSN=C3N(C(=O)O)C(C)(C)C. The van der Waals surface area contributed by atoms with E-state index < -0.39 is 11.6 Å². The monoisotopic (exact) mass is 553 g/mol. The number of rotatable bonds is 7. The van der Waals surface area contributed by atoms with Crippen molar-refractivity contribution in [1.82, 2.24) is 30.2 Å². The molecule has 11 nitrogen and oxygen atoms in total. The van der Waals surface area contributed by atoms with E-state index in [4.69, 9.17) is 14.9 Å². The van der Waals surface area contributed by atoms with Crippen molar-refractivity contribution < 1.29 is 19.4 Å². The molecule has 3 aliphatic rings. The van der Waals surface area contributed by atoms with Crippen LogP contribution in [-0.2, 0) is 12.3 Å². The summed E-state index contributed by atoms with van der Waals surface area (Å²) in [4.78, 5) is 32.9.